The first-order valence-corrected chi connectivity index (χ1v) is 9.59. The highest BCUT2D eigenvalue weighted by atomic mass is 35.5. The molecule has 0 bridgehead atoms. The predicted molar refractivity (Wildman–Crippen MR) is 91.7 cm³/mol. The summed E-state index contributed by atoms with van der Waals surface area (Å²) in [7, 11) is -0.315. The molecule has 2 heterocycles. The van der Waals surface area contributed by atoms with Gasteiger partial charge < -0.3 is 4.74 Å². The van der Waals surface area contributed by atoms with E-state index in [0.29, 0.717) is 12.3 Å². The van der Waals surface area contributed by atoms with E-state index in [0.717, 1.165) is 24.8 Å². The van der Waals surface area contributed by atoms with Crippen molar-refractivity contribution < 1.29 is 13.2 Å². The quantitative estimate of drug-likeness (QED) is 0.831. The van der Waals surface area contributed by atoms with Crippen LogP contribution in [-0.4, -0.2) is 36.2 Å². The Balaban J connectivity index is 1.98. The Hall–Kier alpha value is -1.57. The van der Waals surface area contributed by atoms with Crippen LogP contribution >= 0.6 is 11.6 Å². The second-order valence-electron chi connectivity index (χ2n) is 5.87. The van der Waals surface area contributed by atoms with Gasteiger partial charge >= 0.3 is 0 Å². The maximum Gasteiger partial charge on any atom is 0.243 e. The van der Waals surface area contributed by atoms with Gasteiger partial charge in [-0.1, -0.05) is 18.0 Å². The molecule has 0 unspecified atom stereocenters. The number of nitrogens with zero attached hydrogens (tertiary/aromatic N) is 3. The van der Waals surface area contributed by atoms with Crippen molar-refractivity contribution >= 4 is 21.6 Å². The van der Waals surface area contributed by atoms with Crippen molar-refractivity contribution in [3.63, 3.8) is 0 Å². The standard InChI is InChI=1S/C16H20ClN3O3S/c1-19-11-12(10-18-19)15-5-3-4-8-20(15)24(21,22)13-6-7-16(23-2)14(17)9-13/h6-7,9-11,15H,3-5,8H2,1-2H3/t15-/m1/s1. The first-order chi connectivity index (χ1) is 11.4. The summed E-state index contributed by atoms with van der Waals surface area (Å²) in [5.74, 6) is 0.457. The molecule has 2 aromatic rings. The second kappa shape index (κ2) is 6.74. The molecule has 1 aliphatic heterocycles. The molecule has 1 atom stereocenters. The summed E-state index contributed by atoms with van der Waals surface area (Å²) in [6, 6.07) is 4.37. The van der Waals surface area contributed by atoms with E-state index in [2.05, 4.69) is 5.10 Å². The molecule has 24 heavy (non-hydrogen) atoms. The molecule has 0 N–H and O–H groups in total. The number of methoxy groups -OCH3 is 1. The van der Waals surface area contributed by atoms with Gasteiger partial charge in [0, 0.05) is 25.4 Å². The number of sulfonamides is 1. The van der Waals surface area contributed by atoms with Gasteiger partial charge in [-0.05, 0) is 31.0 Å². The van der Waals surface area contributed by atoms with E-state index in [1.165, 1.54) is 19.2 Å². The van der Waals surface area contributed by atoms with Crippen molar-refractivity contribution in [1.29, 1.82) is 0 Å². The number of aryl methyl sites for hydroxylation is 1. The van der Waals surface area contributed by atoms with E-state index in [9.17, 15) is 8.42 Å². The van der Waals surface area contributed by atoms with Gasteiger partial charge in [0.15, 0.2) is 0 Å². The highest BCUT2D eigenvalue weighted by Gasteiger charge is 2.35. The monoisotopic (exact) mass is 369 g/mol. The van der Waals surface area contributed by atoms with Crippen LogP contribution in [0.25, 0.3) is 0 Å². The zero-order valence-corrected chi connectivity index (χ0v) is 15.2. The molecule has 1 fully saturated rings. The molecule has 1 saturated heterocycles. The fourth-order valence-electron chi connectivity index (χ4n) is 3.08. The number of hydrogen-bond donors (Lipinski definition) is 0. The van der Waals surface area contributed by atoms with Gasteiger partial charge in [0.1, 0.15) is 5.75 Å². The van der Waals surface area contributed by atoms with Gasteiger partial charge in [-0.2, -0.15) is 9.40 Å². The summed E-state index contributed by atoms with van der Waals surface area (Å²) in [5.41, 5.74) is 0.917. The average molecular weight is 370 g/mol. The molecular weight excluding hydrogens is 350 g/mol. The van der Waals surface area contributed by atoms with Crippen molar-refractivity contribution in [2.45, 2.75) is 30.2 Å². The molecular formula is C16H20ClN3O3S. The Morgan fingerprint density at radius 3 is 2.75 bits per heavy atom. The van der Waals surface area contributed by atoms with E-state index < -0.39 is 10.0 Å². The lowest BCUT2D eigenvalue weighted by molar-refractivity contribution is 0.256. The molecule has 0 aliphatic carbocycles. The van der Waals surface area contributed by atoms with Crippen LogP contribution < -0.4 is 4.74 Å². The van der Waals surface area contributed by atoms with Crippen molar-refractivity contribution in [2.24, 2.45) is 7.05 Å². The van der Waals surface area contributed by atoms with E-state index in [-0.39, 0.29) is 16.0 Å². The molecule has 6 nitrogen and oxygen atoms in total. The smallest absolute Gasteiger partial charge is 0.243 e. The zero-order valence-electron chi connectivity index (χ0n) is 13.6. The molecule has 130 valence electrons. The molecule has 0 saturated carbocycles. The Morgan fingerprint density at radius 1 is 1.33 bits per heavy atom. The minimum absolute atomic E-state index is 0.184. The average Bonchev–Trinajstić information content (AvgIpc) is 3.01. The second-order valence-corrected chi connectivity index (χ2v) is 8.17. The molecule has 1 aromatic heterocycles. The van der Waals surface area contributed by atoms with E-state index in [1.54, 1.807) is 21.3 Å². The largest absolute Gasteiger partial charge is 0.495 e. The number of halogens is 1. The summed E-state index contributed by atoms with van der Waals surface area (Å²) in [5, 5.41) is 4.46. The summed E-state index contributed by atoms with van der Waals surface area (Å²) >= 11 is 6.11. The fraction of sp³-hybridized carbons (Fsp3) is 0.438. The topological polar surface area (TPSA) is 64.4 Å². The lowest BCUT2D eigenvalue weighted by Gasteiger charge is -2.34. The highest BCUT2D eigenvalue weighted by Crippen LogP contribution is 2.36. The van der Waals surface area contributed by atoms with Crippen LogP contribution in [0.15, 0.2) is 35.5 Å². The minimum atomic E-state index is -3.64. The fourth-order valence-corrected chi connectivity index (χ4v) is 5.11. The van der Waals surface area contributed by atoms with Crippen molar-refractivity contribution in [1.82, 2.24) is 14.1 Å². The van der Waals surface area contributed by atoms with Crippen LogP contribution in [0.3, 0.4) is 0 Å². The molecule has 0 radical (unpaired) electrons. The first kappa shape index (κ1) is 17.3. The van der Waals surface area contributed by atoms with Crippen molar-refractivity contribution in [3.05, 3.63) is 41.2 Å². The van der Waals surface area contributed by atoms with Crippen LogP contribution in [0.2, 0.25) is 5.02 Å². The van der Waals surface area contributed by atoms with Gasteiger partial charge in [-0.15, -0.1) is 0 Å². The minimum Gasteiger partial charge on any atom is -0.495 e. The summed E-state index contributed by atoms with van der Waals surface area (Å²) in [6.07, 6.45) is 6.24. The van der Waals surface area contributed by atoms with E-state index in [1.807, 2.05) is 13.2 Å². The number of rotatable bonds is 4. The molecule has 1 aliphatic rings. The van der Waals surface area contributed by atoms with Crippen LogP contribution in [0.4, 0.5) is 0 Å². The maximum absolute atomic E-state index is 13.1. The van der Waals surface area contributed by atoms with E-state index >= 15 is 0 Å². The van der Waals surface area contributed by atoms with Crippen LogP contribution in [0.5, 0.6) is 5.75 Å². The molecule has 1 aromatic carbocycles. The first-order valence-electron chi connectivity index (χ1n) is 7.77. The SMILES string of the molecule is COc1ccc(S(=O)(=O)N2CCCC[C@@H]2c2cnn(C)c2)cc1Cl. The summed E-state index contributed by atoms with van der Waals surface area (Å²) in [4.78, 5) is 0.184. The molecule has 0 amide bonds. The predicted octanol–water partition coefficient (Wildman–Crippen LogP) is 3.00. The van der Waals surface area contributed by atoms with E-state index in [4.69, 9.17) is 16.3 Å². The number of aromatic nitrogens is 2. The third kappa shape index (κ3) is 3.16. The van der Waals surface area contributed by atoms with Crippen molar-refractivity contribution in [2.75, 3.05) is 13.7 Å². The molecule has 0 spiro atoms. The Labute approximate surface area is 147 Å². The lowest BCUT2D eigenvalue weighted by Crippen LogP contribution is -2.38. The normalized spacial score (nSPS) is 19.4. The van der Waals surface area contributed by atoms with Crippen LogP contribution in [-0.2, 0) is 17.1 Å². The van der Waals surface area contributed by atoms with Crippen molar-refractivity contribution in [3.8, 4) is 5.75 Å². The van der Waals surface area contributed by atoms with Gasteiger partial charge in [-0.25, -0.2) is 8.42 Å². The molecule has 3 rings (SSSR count). The third-order valence-corrected chi connectivity index (χ3v) is 6.49. The van der Waals surface area contributed by atoms with Gasteiger partial charge in [0.05, 0.1) is 29.3 Å². The number of piperidine rings is 1. The third-order valence-electron chi connectivity index (χ3n) is 4.29. The summed E-state index contributed by atoms with van der Waals surface area (Å²) in [6.45, 7) is 0.492. The van der Waals surface area contributed by atoms with Gasteiger partial charge in [-0.3, -0.25) is 4.68 Å². The Bertz CT molecular complexity index is 835. The highest BCUT2D eigenvalue weighted by molar-refractivity contribution is 7.89. The van der Waals surface area contributed by atoms with Gasteiger partial charge in [0.25, 0.3) is 0 Å². The molecule has 8 heteroatoms. The summed E-state index contributed by atoms with van der Waals surface area (Å²) < 4.78 is 34.6. The van der Waals surface area contributed by atoms with Crippen LogP contribution in [0.1, 0.15) is 30.9 Å². The van der Waals surface area contributed by atoms with Crippen LogP contribution in [0, 0.1) is 0 Å². The number of hydrogen-bond acceptors (Lipinski definition) is 4. The Kier molecular flexibility index (Phi) is 4.85. The number of ether oxygens (including phenoxy) is 1. The Morgan fingerprint density at radius 2 is 2.12 bits per heavy atom. The number of benzene rings is 1. The zero-order chi connectivity index (χ0) is 17.3. The maximum atomic E-state index is 13.1. The van der Waals surface area contributed by atoms with Gasteiger partial charge in [0.2, 0.25) is 10.0 Å². The lowest BCUT2D eigenvalue weighted by atomic mass is 10.0.